The van der Waals surface area contributed by atoms with E-state index >= 15 is 0 Å². The summed E-state index contributed by atoms with van der Waals surface area (Å²) in [6, 6.07) is -0.941. The summed E-state index contributed by atoms with van der Waals surface area (Å²) in [5, 5.41) is 11.3. The van der Waals surface area contributed by atoms with E-state index in [-0.39, 0.29) is 6.42 Å². The zero-order chi connectivity index (χ0) is 10.0. The van der Waals surface area contributed by atoms with Crippen molar-refractivity contribution < 1.29 is 9.90 Å². The lowest BCUT2D eigenvalue weighted by atomic mass is 10.2. The smallest absolute Gasteiger partial charge is 0.320 e. The molecule has 0 spiro atoms. The predicted octanol–water partition coefficient (Wildman–Crippen LogP) is -2.05. The molecule has 0 amide bonds. The van der Waals surface area contributed by atoms with Crippen LogP contribution in [-0.2, 0) is 4.79 Å². The molecule has 0 aromatic carbocycles. The van der Waals surface area contributed by atoms with Crippen molar-refractivity contribution in [1.29, 1.82) is 0 Å². The molecule has 1 atom stereocenters. The summed E-state index contributed by atoms with van der Waals surface area (Å²) < 4.78 is 0. The van der Waals surface area contributed by atoms with E-state index in [2.05, 4.69) is 0 Å². The van der Waals surface area contributed by atoms with Crippen molar-refractivity contribution in [3.8, 4) is 0 Å². The SMILES string of the molecule is N[C@@H](CC1=CN(N)CN1N)C(=O)O. The predicted molar refractivity (Wildman–Crippen MR) is 45.2 cm³/mol. The van der Waals surface area contributed by atoms with E-state index in [1.807, 2.05) is 0 Å². The number of hydrazine groups is 2. The van der Waals surface area contributed by atoms with Gasteiger partial charge in [-0.25, -0.2) is 11.7 Å². The van der Waals surface area contributed by atoms with Crippen LogP contribution in [0.1, 0.15) is 6.42 Å². The van der Waals surface area contributed by atoms with Gasteiger partial charge in [-0.05, 0) is 0 Å². The van der Waals surface area contributed by atoms with E-state index in [0.717, 1.165) is 0 Å². The Morgan fingerprint density at radius 1 is 1.69 bits per heavy atom. The molecule has 7 heteroatoms. The Balaban J connectivity index is 2.54. The summed E-state index contributed by atoms with van der Waals surface area (Å²) in [5.74, 6) is 9.88. The highest BCUT2D eigenvalue weighted by atomic mass is 16.4. The summed E-state index contributed by atoms with van der Waals surface area (Å²) in [6.45, 7) is 0.349. The molecular formula is C6H13N5O2. The lowest BCUT2D eigenvalue weighted by Crippen LogP contribution is -2.38. The van der Waals surface area contributed by atoms with Crippen LogP contribution in [0.25, 0.3) is 0 Å². The molecule has 0 fully saturated rings. The molecule has 0 unspecified atom stereocenters. The maximum Gasteiger partial charge on any atom is 0.320 e. The van der Waals surface area contributed by atoms with Gasteiger partial charge in [0.25, 0.3) is 0 Å². The number of carboxylic acids is 1. The van der Waals surface area contributed by atoms with Crippen molar-refractivity contribution in [3.63, 3.8) is 0 Å². The minimum atomic E-state index is -1.05. The van der Waals surface area contributed by atoms with Crippen molar-refractivity contribution in [2.75, 3.05) is 6.67 Å². The first-order valence-electron chi connectivity index (χ1n) is 3.73. The van der Waals surface area contributed by atoms with Crippen molar-refractivity contribution in [3.05, 3.63) is 11.9 Å². The van der Waals surface area contributed by atoms with Crippen LogP contribution in [-0.4, -0.2) is 33.8 Å². The molecule has 13 heavy (non-hydrogen) atoms. The van der Waals surface area contributed by atoms with Gasteiger partial charge < -0.3 is 10.8 Å². The minimum absolute atomic E-state index is 0.180. The molecule has 0 saturated carbocycles. The summed E-state index contributed by atoms with van der Waals surface area (Å²) in [5.41, 5.74) is 5.94. The molecule has 0 aliphatic carbocycles. The molecule has 1 aliphatic rings. The number of aliphatic carboxylic acids is 1. The Bertz CT molecular complexity index is 241. The molecule has 0 saturated heterocycles. The Hall–Kier alpha value is -1.31. The van der Waals surface area contributed by atoms with E-state index in [4.69, 9.17) is 22.5 Å². The second kappa shape index (κ2) is 3.60. The van der Waals surface area contributed by atoms with E-state index < -0.39 is 12.0 Å². The minimum Gasteiger partial charge on any atom is -0.480 e. The molecule has 1 heterocycles. The number of hydrogen-bond acceptors (Lipinski definition) is 6. The van der Waals surface area contributed by atoms with E-state index in [1.165, 1.54) is 10.0 Å². The average Bonchev–Trinajstić information content (AvgIpc) is 2.30. The quantitative estimate of drug-likeness (QED) is 0.375. The van der Waals surface area contributed by atoms with Gasteiger partial charge in [0.15, 0.2) is 0 Å². The number of nitrogens with two attached hydrogens (primary N) is 3. The second-order valence-electron chi connectivity index (χ2n) is 2.89. The zero-order valence-corrected chi connectivity index (χ0v) is 7.05. The average molecular weight is 187 g/mol. The van der Waals surface area contributed by atoms with Crippen molar-refractivity contribution in [1.82, 2.24) is 10.0 Å². The third kappa shape index (κ3) is 2.31. The van der Waals surface area contributed by atoms with Crippen molar-refractivity contribution in [2.24, 2.45) is 17.4 Å². The fourth-order valence-corrected chi connectivity index (χ4v) is 1.06. The van der Waals surface area contributed by atoms with Gasteiger partial charge in [0.1, 0.15) is 12.7 Å². The normalized spacial score (nSPS) is 18.8. The van der Waals surface area contributed by atoms with Crippen LogP contribution in [0.3, 0.4) is 0 Å². The Morgan fingerprint density at radius 2 is 2.31 bits per heavy atom. The topological polar surface area (TPSA) is 122 Å². The van der Waals surface area contributed by atoms with Crippen LogP contribution in [0.15, 0.2) is 11.9 Å². The van der Waals surface area contributed by atoms with Crippen LogP contribution < -0.4 is 17.4 Å². The Morgan fingerprint density at radius 3 is 2.69 bits per heavy atom. The molecule has 0 aromatic rings. The van der Waals surface area contributed by atoms with Gasteiger partial charge in [0.2, 0.25) is 0 Å². The monoisotopic (exact) mass is 187 g/mol. The Kier molecular flexibility index (Phi) is 2.71. The van der Waals surface area contributed by atoms with E-state index in [1.54, 1.807) is 6.20 Å². The maximum absolute atomic E-state index is 10.4. The van der Waals surface area contributed by atoms with E-state index in [0.29, 0.717) is 12.4 Å². The van der Waals surface area contributed by atoms with Crippen LogP contribution in [0, 0.1) is 0 Å². The lowest BCUT2D eigenvalue weighted by Gasteiger charge is -2.16. The summed E-state index contributed by atoms with van der Waals surface area (Å²) in [4.78, 5) is 10.4. The lowest BCUT2D eigenvalue weighted by molar-refractivity contribution is -0.138. The summed E-state index contributed by atoms with van der Waals surface area (Å²) in [7, 11) is 0. The highest BCUT2D eigenvalue weighted by Gasteiger charge is 2.21. The molecule has 7 nitrogen and oxygen atoms in total. The first-order chi connectivity index (χ1) is 6.00. The third-order valence-electron chi connectivity index (χ3n) is 1.75. The van der Waals surface area contributed by atoms with Gasteiger partial charge in [-0.1, -0.05) is 0 Å². The Labute approximate surface area is 75.3 Å². The molecular weight excluding hydrogens is 174 g/mol. The fourth-order valence-electron chi connectivity index (χ4n) is 1.06. The number of hydrogen-bond donors (Lipinski definition) is 4. The van der Waals surface area contributed by atoms with Gasteiger partial charge in [-0.3, -0.25) is 14.8 Å². The van der Waals surface area contributed by atoms with Gasteiger partial charge in [0.05, 0.1) is 5.70 Å². The standard InChI is InChI=1S/C6H13N5O2/c7-5(6(12)13)1-4-2-10(8)3-11(4)9/h2,5H,1,3,7-9H2,(H,12,13)/t5-/m0/s1. The zero-order valence-electron chi connectivity index (χ0n) is 7.05. The highest BCUT2D eigenvalue weighted by Crippen LogP contribution is 2.13. The first-order valence-corrected chi connectivity index (χ1v) is 3.73. The second-order valence-corrected chi connectivity index (χ2v) is 2.89. The van der Waals surface area contributed by atoms with Gasteiger partial charge in [-0.15, -0.1) is 0 Å². The van der Waals surface area contributed by atoms with Crippen molar-refractivity contribution in [2.45, 2.75) is 12.5 Å². The van der Waals surface area contributed by atoms with E-state index in [9.17, 15) is 4.79 Å². The van der Waals surface area contributed by atoms with Crippen LogP contribution in [0.5, 0.6) is 0 Å². The van der Waals surface area contributed by atoms with Gasteiger partial charge >= 0.3 is 5.97 Å². The fraction of sp³-hybridized carbons (Fsp3) is 0.500. The molecule has 1 rings (SSSR count). The first kappa shape index (κ1) is 9.78. The highest BCUT2D eigenvalue weighted by molar-refractivity contribution is 5.73. The summed E-state index contributed by atoms with van der Waals surface area (Å²) >= 11 is 0. The third-order valence-corrected chi connectivity index (χ3v) is 1.75. The van der Waals surface area contributed by atoms with Gasteiger partial charge in [-0.2, -0.15) is 0 Å². The molecule has 0 radical (unpaired) electrons. The molecule has 0 bridgehead atoms. The van der Waals surface area contributed by atoms with Crippen molar-refractivity contribution >= 4 is 5.97 Å². The molecule has 7 N–H and O–H groups in total. The van der Waals surface area contributed by atoms with Crippen LogP contribution in [0.2, 0.25) is 0 Å². The molecule has 0 aromatic heterocycles. The molecule has 1 aliphatic heterocycles. The largest absolute Gasteiger partial charge is 0.480 e. The molecule has 74 valence electrons. The number of carboxylic acid groups (broad SMARTS) is 1. The van der Waals surface area contributed by atoms with Gasteiger partial charge in [0, 0.05) is 12.6 Å². The van der Waals surface area contributed by atoms with Crippen LogP contribution >= 0.6 is 0 Å². The number of carbonyl (C=O) groups is 1. The number of nitrogens with zero attached hydrogens (tertiary/aromatic N) is 2. The number of rotatable bonds is 3. The summed E-state index contributed by atoms with van der Waals surface area (Å²) in [6.07, 6.45) is 1.75. The maximum atomic E-state index is 10.4. The van der Waals surface area contributed by atoms with Crippen LogP contribution in [0.4, 0.5) is 0 Å².